The first-order chi connectivity index (χ1) is 10.8. The van der Waals surface area contributed by atoms with Crippen LogP contribution in [0.1, 0.15) is 43.7 Å². The van der Waals surface area contributed by atoms with Crippen LogP contribution in [0.2, 0.25) is 0 Å². The summed E-state index contributed by atoms with van der Waals surface area (Å²) in [5.74, 6) is 0.0424. The van der Waals surface area contributed by atoms with Crippen molar-refractivity contribution in [1.82, 2.24) is 9.88 Å². The molecule has 0 saturated heterocycles. The predicted octanol–water partition coefficient (Wildman–Crippen LogP) is 5.08. The molecule has 0 spiro atoms. The number of benzene rings is 1. The fourth-order valence-corrected chi connectivity index (χ4v) is 3.20. The molecule has 0 bridgehead atoms. The van der Waals surface area contributed by atoms with E-state index < -0.39 is 0 Å². The number of amides is 1. The molecule has 1 aromatic heterocycles. The molecule has 0 fully saturated rings. The SMILES string of the molecule is Cc1nc(-c2cccc(Br)c2)ccc1C(=O)N(C(C)C)C(C)C. The van der Waals surface area contributed by atoms with E-state index in [0.717, 1.165) is 21.4 Å². The van der Waals surface area contributed by atoms with Gasteiger partial charge in [0.2, 0.25) is 0 Å². The number of aromatic nitrogens is 1. The molecule has 1 aromatic carbocycles. The summed E-state index contributed by atoms with van der Waals surface area (Å²) < 4.78 is 1.01. The van der Waals surface area contributed by atoms with E-state index in [4.69, 9.17) is 0 Å². The van der Waals surface area contributed by atoms with Gasteiger partial charge in [-0.05, 0) is 58.9 Å². The van der Waals surface area contributed by atoms with Gasteiger partial charge in [0.05, 0.1) is 17.0 Å². The molecule has 0 atom stereocenters. The van der Waals surface area contributed by atoms with Gasteiger partial charge in [-0.3, -0.25) is 9.78 Å². The van der Waals surface area contributed by atoms with Gasteiger partial charge < -0.3 is 4.90 Å². The van der Waals surface area contributed by atoms with Crippen LogP contribution in [-0.2, 0) is 0 Å². The highest BCUT2D eigenvalue weighted by Crippen LogP contribution is 2.23. The van der Waals surface area contributed by atoms with Crippen molar-refractivity contribution in [1.29, 1.82) is 0 Å². The van der Waals surface area contributed by atoms with E-state index in [1.54, 1.807) is 0 Å². The topological polar surface area (TPSA) is 33.2 Å². The van der Waals surface area contributed by atoms with Gasteiger partial charge in [-0.2, -0.15) is 0 Å². The number of nitrogens with zero attached hydrogens (tertiary/aromatic N) is 2. The zero-order valence-electron chi connectivity index (χ0n) is 14.3. The second-order valence-corrected chi connectivity index (χ2v) is 7.16. The number of halogens is 1. The van der Waals surface area contributed by atoms with Crippen LogP contribution in [0.25, 0.3) is 11.3 Å². The van der Waals surface area contributed by atoms with Gasteiger partial charge in [0.25, 0.3) is 5.91 Å². The summed E-state index contributed by atoms with van der Waals surface area (Å²) in [5.41, 5.74) is 3.34. The lowest BCUT2D eigenvalue weighted by atomic mass is 10.1. The smallest absolute Gasteiger partial charge is 0.256 e. The number of rotatable bonds is 4. The lowest BCUT2D eigenvalue weighted by Crippen LogP contribution is -2.42. The summed E-state index contributed by atoms with van der Waals surface area (Å²) in [5, 5.41) is 0. The Morgan fingerprint density at radius 2 is 1.74 bits per heavy atom. The molecule has 122 valence electrons. The van der Waals surface area contributed by atoms with E-state index in [-0.39, 0.29) is 18.0 Å². The second kappa shape index (κ2) is 7.26. The molecule has 0 saturated carbocycles. The van der Waals surface area contributed by atoms with E-state index in [1.165, 1.54) is 0 Å². The molecule has 4 heteroatoms. The first-order valence-corrected chi connectivity index (χ1v) is 8.66. The number of carbonyl (C=O) groups excluding carboxylic acids is 1. The largest absolute Gasteiger partial charge is 0.334 e. The highest BCUT2D eigenvalue weighted by Gasteiger charge is 2.23. The van der Waals surface area contributed by atoms with Crippen LogP contribution in [0.4, 0.5) is 0 Å². The Morgan fingerprint density at radius 1 is 1.09 bits per heavy atom. The van der Waals surface area contributed by atoms with Crippen LogP contribution in [0, 0.1) is 6.92 Å². The van der Waals surface area contributed by atoms with Gasteiger partial charge in [0, 0.05) is 22.1 Å². The Kier molecular flexibility index (Phi) is 5.58. The standard InChI is InChI=1S/C19H23BrN2O/c1-12(2)22(13(3)4)19(23)17-9-10-18(21-14(17)5)15-7-6-8-16(20)11-15/h6-13H,1-5H3. The quantitative estimate of drug-likeness (QED) is 0.747. The third-order valence-corrected chi connectivity index (χ3v) is 4.28. The summed E-state index contributed by atoms with van der Waals surface area (Å²) in [4.78, 5) is 19.4. The number of hydrogen-bond acceptors (Lipinski definition) is 2. The fraction of sp³-hybridized carbons (Fsp3) is 0.368. The molecule has 2 aromatic rings. The zero-order valence-corrected chi connectivity index (χ0v) is 15.9. The summed E-state index contributed by atoms with van der Waals surface area (Å²) in [7, 11) is 0. The fourth-order valence-electron chi connectivity index (χ4n) is 2.80. The van der Waals surface area contributed by atoms with E-state index in [0.29, 0.717) is 5.56 Å². The Morgan fingerprint density at radius 3 is 2.26 bits per heavy atom. The summed E-state index contributed by atoms with van der Waals surface area (Å²) >= 11 is 3.48. The van der Waals surface area contributed by atoms with Crippen LogP contribution in [0.5, 0.6) is 0 Å². The van der Waals surface area contributed by atoms with Crippen LogP contribution >= 0.6 is 15.9 Å². The third kappa shape index (κ3) is 3.99. The highest BCUT2D eigenvalue weighted by molar-refractivity contribution is 9.10. The molecule has 2 rings (SSSR count). The van der Waals surface area contributed by atoms with Crippen molar-refractivity contribution in [3.05, 3.63) is 52.1 Å². The third-order valence-electron chi connectivity index (χ3n) is 3.78. The minimum absolute atomic E-state index is 0.0424. The molecular formula is C19H23BrN2O. The molecule has 0 aliphatic carbocycles. The molecule has 0 aliphatic rings. The van der Waals surface area contributed by atoms with Gasteiger partial charge in [0.1, 0.15) is 0 Å². The minimum Gasteiger partial charge on any atom is -0.334 e. The van der Waals surface area contributed by atoms with Gasteiger partial charge in [-0.1, -0.05) is 28.1 Å². The summed E-state index contributed by atoms with van der Waals surface area (Å²) in [6.07, 6.45) is 0. The maximum absolute atomic E-state index is 12.8. The van der Waals surface area contributed by atoms with Crippen LogP contribution in [-0.4, -0.2) is 27.9 Å². The normalized spacial score (nSPS) is 11.1. The molecule has 0 N–H and O–H groups in total. The average molecular weight is 375 g/mol. The van der Waals surface area contributed by atoms with E-state index >= 15 is 0 Å². The lowest BCUT2D eigenvalue weighted by Gasteiger charge is -2.31. The highest BCUT2D eigenvalue weighted by atomic mass is 79.9. The van der Waals surface area contributed by atoms with Gasteiger partial charge in [0.15, 0.2) is 0 Å². The van der Waals surface area contributed by atoms with Crippen LogP contribution in [0.3, 0.4) is 0 Å². The monoisotopic (exact) mass is 374 g/mol. The molecule has 0 radical (unpaired) electrons. The maximum Gasteiger partial charge on any atom is 0.256 e. The molecule has 0 aliphatic heterocycles. The summed E-state index contributed by atoms with van der Waals surface area (Å²) in [6.45, 7) is 10.0. The predicted molar refractivity (Wildman–Crippen MR) is 98.6 cm³/mol. The van der Waals surface area contributed by atoms with Crippen LogP contribution < -0.4 is 0 Å². The molecule has 1 amide bonds. The first kappa shape index (κ1) is 17.7. The number of carbonyl (C=O) groups is 1. The number of hydrogen-bond donors (Lipinski definition) is 0. The number of aryl methyl sites for hydroxylation is 1. The molecule has 0 unspecified atom stereocenters. The Labute approximate surface area is 146 Å². The minimum atomic E-state index is 0.0424. The van der Waals surface area contributed by atoms with Crippen molar-refractivity contribution in [2.45, 2.75) is 46.7 Å². The van der Waals surface area contributed by atoms with Gasteiger partial charge >= 0.3 is 0 Å². The van der Waals surface area contributed by atoms with Crippen LogP contribution in [0.15, 0.2) is 40.9 Å². The average Bonchev–Trinajstić information content (AvgIpc) is 2.46. The Bertz CT molecular complexity index is 702. The maximum atomic E-state index is 12.8. The zero-order chi connectivity index (χ0) is 17.1. The van der Waals surface area contributed by atoms with Gasteiger partial charge in [-0.25, -0.2) is 0 Å². The van der Waals surface area contributed by atoms with Crippen molar-refractivity contribution < 1.29 is 4.79 Å². The Hall–Kier alpha value is -1.68. The van der Waals surface area contributed by atoms with E-state index in [9.17, 15) is 4.79 Å². The van der Waals surface area contributed by atoms with Crippen molar-refractivity contribution in [3.8, 4) is 11.3 Å². The number of pyridine rings is 1. The van der Waals surface area contributed by atoms with Crippen molar-refractivity contribution in [2.75, 3.05) is 0 Å². The van der Waals surface area contributed by atoms with Gasteiger partial charge in [-0.15, -0.1) is 0 Å². The Balaban J connectivity index is 2.38. The van der Waals surface area contributed by atoms with E-state index in [1.807, 2.05) is 75.9 Å². The second-order valence-electron chi connectivity index (χ2n) is 6.24. The molecular weight excluding hydrogens is 352 g/mol. The molecule has 23 heavy (non-hydrogen) atoms. The summed E-state index contributed by atoms with van der Waals surface area (Å²) in [6, 6.07) is 12.1. The molecule has 3 nitrogen and oxygen atoms in total. The van der Waals surface area contributed by atoms with E-state index in [2.05, 4.69) is 20.9 Å². The lowest BCUT2D eigenvalue weighted by molar-refractivity contribution is 0.0642. The molecule has 1 heterocycles. The van der Waals surface area contributed by atoms with Crippen molar-refractivity contribution >= 4 is 21.8 Å². The van der Waals surface area contributed by atoms with Crippen molar-refractivity contribution in [3.63, 3.8) is 0 Å². The van der Waals surface area contributed by atoms with Crippen molar-refractivity contribution in [2.24, 2.45) is 0 Å². The first-order valence-electron chi connectivity index (χ1n) is 7.87.